The van der Waals surface area contributed by atoms with Crippen LogP contribution in [0.15, 0.2) is 54.9 Å². The monoisotopic (exact) mass is 312 g/mol. The lowest BCUT2D eigenvalue weighted by molar-refractivity contribution is -0.143. The highest BCUT2D eigenvalue weighted by Gasteiger charge is 2.30. The number of aromatic nitrogens is 1. The minimum absolute atomic E-state index is 0.165. The van der Waals surface area contributed by atoms with E-state index in [0.717, 1.165) is 5.56 Å². The smallest absolute Gasteiger partial charge is 0.328 e. The van der Waals surface area contributed by atoms with E-state index in [2.05, 4.69) is 4.98 Å². The summed E-state index contributed by atoms with van der Waals surface area (Å²) in [5, 5.41) is 0. The number of para-hydroxylation sites is 1. The van der Waals surface area contributed by atoms with Gasteiger partial charge in [-0.25, -0.2) is 4.79 Å². The van der Waals surface area contributed by atoms with Crippen molar-refractivity contribution >= 4 is 17.6 Å². The van der Waals surface area contributed by atoms with E-state index in [-0.39, 0.29) is 12.3 Å². The van der Waals surface area contributed by atoms with E-state index in [1.807, 2.05) is 43.3 Å². The molecule has 0 N–H and O–H groups in total. The van der Waals surface area contributed by atoms with Gasteiger partial charge in [-0.3, -0.25) is 14.7 Å². The third kappa shape index (κ3) is 4.16. The molecule has 1 heterocycles. The third-order valence-corrected chi connectivity index (χ3v) is 3.55. The predicted molar refractivity (Wildman–Crippen MR) is 88.0 cm³/mol. The maximum atomic E-state index is 12.8. The summed E-state index contributed by atoms with van der Waals surface area (Å²) < 4.78 is 4.86. The maximum Gasteiger partial charge on any atom is 0.328 e. The molecule has 5 heteroatoms. The zero-order valence-corrected chi connectivity index (χ0v) is 13.3. The van der Waals surface area contributed by atoms with E-state index in [4.69, 9.17) is 4.74 Å². The Kier molecular flexibility index (Phi) is 5.86. The number of anilines is 1. The van der Waals surface area contributed by atoms with Gasteiger partial charge >= 0.3 is 5.97 Å². The predicted octanol–water partition coefficient (Wildman–Crippen LogP) is 2.61. The van der Waals surface area contributed by atoms with Gasteiger partial charge in [0.05, 0.1) is 13.5 Å². The Morgan fingerprint density at radius 3 is 2.48 bits per heavy atom. The average molecular weight is 312 g/mol. The summed E-state index contributed by atoms with van der Waals surface area (Å²) in [6.07, 6.45) is 3.96. The number of hydrogen-bond acceptors (Lipinski definition) is 4. The normalized spacial score (nSPS) is 11.6. The summed E-state index contributed by atoms with van der Waals surface area (Å²) >= 11 is 0. The number of benzene rings is 1. The summed E-state index contributed by atoms with van der Waals surface area (Å²) in [4.78, 5) is 30.4. The van der Waals surface area contributed by atoms with Crippen LogP contribution in [0.4, 0.5) is 5.69 Å². The summed E-state index contributed by atoms with van der Waals surface area (Å²) in [6.45, 7) is 1.86. The highest BCUT2D eigenvalue weighted by atomic mass is 16.5. The molecule has 0 unspecified atom stereocenters. The molecule has 23 heavy (non-hydrogen) atoms. The van der Waals surface area contributed by atoms with Gasteiger partial charge in [-0.2, -0.15) is 0 Å². The van der Waals surface area contributed by atoms with E-state index in [9.17, 15) is 9.59 Å². The van der Waals surface area contributed by atoms with Crippen molar-refractivity contribution in [1.29, 1.82) is 0 Å². The molecule has 0 aliphatic rings. The zero-order chi connectivity index (χ0) is 16.7. The number of methoxy groups -OCH3 is 1. The largest absolute Gasteiger partial charge is 0.467 e. The minimum Gasteiger partial charge on any atom is -0.467 e. The SMILES string of the molecule is CC[C@@H](C(=O)OC)N(C(=O)Cc1cccnc1)c1ccccc1. The molecule has 1 aromatic carbocycles. The van der Waals surface area contributed by atoms with Crippen LogP contribution in [-0.4, -0.2) is 30.0 Å². The Hall–Kier alpha value is -2.69. The van der Waals surface area contributed by atoms with E-state index in [1.54, 1.807) is 18.5 Å². The first-order valence-corrected chi connectivity index (χ1v) is 7.51. The summed E-state index contributed by atoms with van der Waals surface area (Å²) in [5.41, 5.74) is 1.48. The second-order valence-corrected chi connectivity index (χ2v) is 5.08. The van der Waals surface area contributed by atoms with Crippen molar-refractivity contribution in [3.05, 3.63) is 60.4 Å². The van der Waals surface area contributed by atoms with E-state index in [0.29, 0.717) is 12.1 Å². The van der Waals surface area contributed by atoms with Crippen LogP contribution in [-0.2, 0) is 20.7 Å². The van der Waals surface area contributed by atoms with Crippen LogP contribution in [0.2, 0.25) is 0 Å². The third-order valence-electron chi connectivity index (χ3n) is 3.55. The Bertz CT molecular complexity index is 644. The van der Waals surface area contributed by atoms with E-state index in [1.165, 1.54) is 12.0 Å². The number of ether oxygens (including phenoxy) is 1. The Morgan fingerprint density at radius 1 is 1.17 bits per heavy atom. The molecule has 1 amide bonds. The second-order valence-electron chi connectivity index (χ2n) is 5.08. The molecule has 0 saturated heterocycles. The lowest BCUT2D eigenvalue weighted by Crippen LogP contribution is -2.46. The van der Waals surface area contributed by atoms with Crippen LogP contribution in [0.25, 0.3) is 0 Å². The molecule has 1 atom stereocenters. The van der Waals surface area contributed by atoms with Crippen molar-refractivity contribution in [1.82, 2.24) is 4.98 Å². The van der Waals surface area contributed by atoms with Crippen LogP contribution < -0.4 is 4.90 Å². The molecule has 2 aromatic rings. The number of pyridine rings is 1. The molecular formula is C18H20N2O3. The van der Waals surface area contributed by atoms with E-state index >= 15 is 0 Å². The fourth-order valence-corrected chi connectivity index (χ4v) is 2.44. The summed E-state index contributed by atoms with van der Waals surface area (Å²) in [6, 6.07) is 12.1. The number of amides is 1. The first kappa shape index (κ1) is 16.7. The second kappa shape index (κ2) is 8.08. The van der Waals surface area contributed by atoms with Crippen LogP contribution in [0.1, 0.15) is 18.9 Å². The number of esters is 1. The fraction of sp³-hybridized carbons (Fsp3) is 0.278. The van der Waals surface area contributed by atoms with E-state index < -0.39 is 12.0 Å². The first-order chi connectivity index (χ1) is 11.2. The Labute approximate surface area is 135 Å². The molecule has 2 rings (SSSR count). The number of hydrogen-bond donors (Lipinski definition) is 0. The number of carbonyl (C=O) groups is 2. The van der Waals surface area contributed by atoms with Gasteiger partial charge in [0.25, 0.3) is 0 Å². The van der Waals surface area contributed by atoms with Crippen molar-refractivity contribution < 1.29 is 14.3 Å². The zero-order valence-electron chi connectivity index (χ0n) is 13.3. The molecule has 0 aliphatic heterocycles. The van der Waals surface area contributed by atoms with Crippen LogP contribution in [0.5, 0.6) is 0 Å². The minimum atomic E-state index is -0.647. The van der Waals surface area contributed by atoms with Crippen LogP contribution >= 0.6 is 0 Å². The molecule has 0 bridgehead atoms. The fourth-order valence-electron chi connectivity index (χ4n) is 2.44. The maximum absolute atomic E-state index is 12.8. The molecule has 0 fully saturated rings. The van der Waals surface area contributed by atoms with Gasteiger partial charge in [0.2, 0.25) is 5.91 Å². The molecule has 0 radical (unpaired) electrons. The Morgan fingerprint density at radius 2 is 1.91 bits per heavy atom. The quantitative estimate of drug-likeness (QED) is 0.769. The molecule has 0 aliphatic carbocycles. The van der Waals surface area contributed by atoms with Gasteiger partial charge in [0.1, 0.15) is 6.04 Å². The van der Waals surface area contributed by atoms with Gasteiger partial charge < -0.3 is 4.74 Å². The van der Waals surface area contributed by atoms with Crippen molar-refractivity contribution in [2.75, 3.05) is 12.0 Å². The van der Waals surface area contributed by atoms with Gasteiger partial charge in [-0.1, -0.05) is 31.2 Å². The standard InChI is InChI=1S/C18H20N2O3/c1-3-16(18(22)23-2)20(15-9-5-4-6-10-15)17(21)12-14-8-7-11-19-13-14/h4-11,13,16H,3,12H2,1-2H3/t16-/m0/s1. The first-order valence-electron chi connectivity index (χ1n) is 7.51. The topological polar surface area (TPSA) is 59.5 Å². The molecule has 120 valence electrons. The molecule has 0 spiro atoms. The molecule has 0 saturated carbocycles. The van der Waals surface area contributed by atoms with Crippen LogP contribution in [0, 0.1) is 0 Å². The van der Waals surface area contributed by atoms with Gasteiger partial charge in [-0.05, 0) is 30.2 Å². The van der Waals surface area contributed by atoms with Crippen molar-refractivity contribution in [3.8, 4) is 0 Å². The number of carbonyl (C=O) groups excluding carboxylic acids is 2. The number of nitrogens with zero attached hydrogens (tertiary/aromatic N) is 2. The highest BCUT2D eigenvalue weighted by molar-refractivity contribution is 6.00. The molecular weight excluding hydrogens is 292 g/mol. The lowest BCUT2D eigenvalue weighted by Gasteiger charge is -2.29. The lowest BCUT2D eigenvalue weighted by atomic mass is 10.1. The van der Waals surface area contributed by atoms with Crippen molar-refractivity contribution in [2.45, 2.75) is 25.8 Å². The van der Waals surface area contributed by atoms with Gasteiger partial charge in [-0.15, -0.1) is 0 Å². The van der Waals surface area contributed by atoms with Gasteiger partial charge in [0, 0.05) is 18.1 Å². The Balaban J connectivity index is 2.33. The number of rotatable bonds is 6. The van der Waals surface area contributed by atoms with Crippen LogP contribution in [0.3, 0.4) is 0 Å². The molecule has 5 nitrogen and oxygen atoms in total. The molecule has 1 aromatic heterocycles. The summed E-state index contributed by atoms with van der Waals surface area (Å²) in [7, 11) is 1.33. The van der Waals surface area contributed by atoms with Crippen molar-refractivity contribution in [2.24, 2.45) is 0 Å². The average Bonchev–Trinajstić information content (AvgIpc) is 2.60. The summed E-state index contributed by atoms with van der Waals surface area (Å²) in [5.74, 6) is -0.586. The van der Waals surface area contributed by atoms with Gasteiger partial charge in [0.15, 0.2) is 0 Å². The van der Waals surface area contributed by atoms with Crippen molar-refractivity contribution in [3.63, 3.8) is 0 Å². The highest BCUT2D eigenvalue weighted by Crippen LogP contribution is 2.21.